The summed E-state index contributed by atoms with van der Waals surface area (Å²) in [4.78, 5) is 0. The molecule has 0 bridgehead atoms. The second kappa shape index (κ2) is 4.02. The second-order valence-corrected chi connectivity index (χ2v) is 5.62. The van der Waals surface area contributed by atoms with Gasteiger partial charge in [0.15, 0.2) is 0 Å². The van der Waals surface area contributed by atoms with Gasteiger partial charge in [-0.15, -0.1) is 0 Å². The zero-order chi connectivity index (χ0) is 11.9. The normalized spacial score (nSPS) is 19.6. The third-order valence-corrected chi connectivity index (χ3v) is 3.29. The molecular formula is C12H18ClFN2. The fourth-order valence-corrected chi connectivity index (χ4v) is 2.56. The van der Waals surface area contributed by atoms with Crippen LogP contribution in [-0.4, -0.2) is 9.78 Å². The van der Waals surface area contributed by atoms with Crippen LogP contribution in [0.2, 0.25) is 0 Å². The van der Waals surface area contributed by atoms with Crippen LogP contribution in [0.3, 0.4) is 0 Å². The molecule has 4 heteroatoms. The Balaban J connectivity index is 2.55. The molecule has 0 aliphatic heterocycles. The van der Waals surface area contributed by atoms with Gasteiger partial charge in [0.2, 0.25) is 5.13 Å². The van der Waals surface area contributed by atoms with E-state index in [-0.39, 0.29) is 6.04 Å². The Morgan fingerprint density at radius 2 is 2.00 bits per heavy atom. The molecule has 2 nitrogen and oxygen atoms in total. The molecule has 1 aromatic rings. The molecular weight excluding hydrogens is 227 g/mol. The minimum Gasteiger partial charge on any atom is -0.266 e. The largest absolute Gasteiger partial charge is 0.266 e. The number of nitrogens with zero attached hydrogens (tertiary/aromatic N) is 2. The molecule has 1 aromatic heterocycles. The van der Waals surface area contributed by atoms with Crippen LogP contribution in [0.5, 0.6) is 0 Å². The zero-order valence-electron chi connectivity index (χ0n) is 10.1. The first-order valence-corrected chi connectivity index (χ1v) is 6.27. The fraction of sp³-hybridized carbons (Fsp3) is 0.750. The SMILES string of the molecule is CC(C)n1nc(C(C)(F)Cl)c2c1CCCC2. The molecule has 0 radical (unpaired) electrons. The Labute approximate surface area is 101 Å². The van der Waals surface area contributed by atoms with E-state index in [0.29, 0.717) is 5.69 Å². The maximum absolute atomic E-state index is 13.9. The van der Waals surface area contributed by atoms with Crippen molar-refractivity contribution in [3.8, 4) is 0 Å². The van der Waals surface area contributed by atoms with Gasteiger partial charge in [-0.2, -0.15) is 5.10 Å². The first kappa shape index (κ1) is 11.9. The third-order valence-electron chi connectivity index (χ3n) is 3.11. The van der Waals surface area contributed by atoms with Crippen molar-refractivity contribution in [1.29, 1.82) is 0 Å². The highest BCUT2D eigenvalue weighted by molar-refractivity contribution is 6.22. The summed E-state index contributed by atoms with van der Waals surface area (Å²) in [7, 11) is 0. The summed E-state index contributed by atoms with van der Waals surface area (Å²) in [6.07, 6.45) is 4.17. The van der Waals surface area contributed by atoms with E-state index in [9.17, 15) is 4.39 Å². The Morgan fingerprint density at radius 3 is 2.56 bits per heavy atom. The van der Waals surface area contributed by atoms with E-state index in [1.807, 2.05) is 4.68 Å². The van der Waals surface area contributed by atoms with Crippen LogP contribution in [0, 0.1) is 0 Å². The number of rotatable bonds is 2. The second-order valence-electron chi connectivity index (χ2n) is 4.91. The lowest BCUT2D eigenvalue weighted by atomic mass is 9.94. The van der Waals surface area contributed by atoms with Gasteiger partial charge in [-0.25, -0.2) is 4.39 Å². The topological polar surface area (TPSA) is 17.8 Å². The van der Waals surface area contributed by atoms with Gasteiger partial charge in [-0.1, -0.05) is 11.6 Å². The summed E-state index contributed by atoms with van der Waals surface area (Å²) in [5, 5.41) is 2.53. The number of alkyl halides is 2. The Kier molecular flexibility index (Phi) is 2.99. The van der Waals surface area contributed by atoms with Gasteiger partial charge >= 0.3 is 0 Å². The molecule has 0 amide bonds. The molecule has 1 aliphatic carbocycles. The Hall–Kier alpha value is -0.570. The van der Waals surface area contributed by atoms with E-state index in [1.165, 1.54) is 12.6 Å². The molecule has 0 aromatic carbocycles. The average molecular weight is 245 g/mol. The lowest BCUT2D eigenvalue weighted by Gasteiger charge is -2.17. The smallest absolute Gasteiger partial charge is 0.224 e. The van der Waals surface area contributed by atoms with Crippen LogP contribution in [0.15, 0.2) is 0 Å². The minimum atomic E-state index is -1.85. The highest BCUT2D eigenvalue weighted by Gasteiger charge is 2.33. The maximum Gasteiger partial charge on any atom is 0.224 e. The number of hydrogen-bond donors (Lipinski definition) is 0. The van der Waals surface area contributed by atoms with E-state index in [0.717, 1.165) is 31.2 Å². The summed E-state index contributed by atoms with van der Waals surface area (Å²) in [6, 6.07) is 0.264. The highest BCUT2D eigenvalue weighted by Crippen LogP contribution is 2.36. The van der Waals surface area contributed by atoms with E-state index in [4.69, 9.17) is 11.6 Å². The average Bonchev–Trinajstić information content (AvgIpc) is 2.56. The van der Waals surface area contributed by atoms with Gasteiger partial charge in [0.05, 0.1) is 0 Å². The number of halogens is 2. The summed E-state index contributed by atoms with van der Waals surface area (Å²) < 4.78 is 15.8. The molecule has 0 saturated carbocycles. The molecule has 0 saturated heterocycles. The quantitative estimate of drug-likeness (QED) is 0.725. The third kappa shape index (κ3) is 1.97. The number of fused-ring (bicyclic) bond motifs is 1. The molecule has 16 heavy (non-hydrogen) atoms. The van der Waals surface area contributed by atoms with Crippen molar-refractivity contribution in [1.82, 2.24) is 9.78 Å². The van der Waals surface area contributed by atoms with Gasteiger partial charge in [0.1, 0.15) is 5.69 Å². The van der Waals surface area contributed by atoms with E-state index in [1.54, 1.807) is 0 Å². The van der Waals surface area contributed by atoms with Crippen LogP contribution >= 0.6 is 11.6 Å². The van der Waals surface area contributed by atoms with Crippen LogP contribution in [0.1, 0.15) is 56.6 Å². The minimum absolute atomic E-state index is 0.264. The predicted octanol–water partition coefficient (Wildman–Crippen LogP) is 3.72. The lowest BCUT2D eigenvalue weighted by molar-refractivity contribution is 0.300. The van der Waals surface area contributed by atoms with Crippen molar-refractivity contribution in [2.75, 3.05) is 0 Å². The molecule has 1 aliphatic rings. The van der Waals surface area contributed by atoms with Crippen LogP contribution < -0.4 is 0 Å². The fourth-order valence-electron chi connectivity index (χ4n) is 2.41. The maximum atomic E-state index is 13.9. The van der Waals surface area contributed by atoms with E-state index >= 15 is 0 Å². The summed E-state index contributed by atoms with van der Waals surface area (Å²) in [5.41, 5.74) is 2.65. The number of hydrogen-bond acceptors (Lipinski definition) is 1. The van der Waals surface area contributed by atoms with E-state index < -0.39 is 5.13 Å². The summed E-state index contributed by atoms with van der Waals surface area (Å²) in [6.45, 7) is 5.50. The Morgan fingerprint density at radius 1 is 1.38 bits per heavy atom. The summed E-state index contributed by atoms with van der Waals surface area (Å²) >= 11 is 5.77. The van der Waals surface area contributed by atoms with Crippen molar-refractivity contribution >= 4 is 11.6 Å². The van der Waals surface area contributed by atoms with Gasteiger partial charge in [-0.05, 0) is 46.5 Å². The van der Waals surface area contributed by atoms with Crippen molar-refractivity contribution in [2.45, 2.75) is 57.6 Å². The highest BCUT2D eigenvalue weighted by atomic mass is 35.5. The van der Waals surface area contributed by atoms with Crippen LogP contribution in [-0.2, 0) is 18.0 Å². The molecule has 1 heterocycles. The zero-order valence-corrected chi connectivity index (χ0v) is 10.8. The molecule has 2 rings (SSSR count). The van der Waals surface area contributed by atoms with Gasteiger partial charge in [0, 0.05) is 17.3 Å². The first-order chi connectivity index (χ1) is 7.41. The standard InChI is InChI=1S/C12H18ClFN2/c1-8(2)16-10-7-5-4-6-9(10)11(15-16)12(3,13)14/h8H,4-7H2,1-3H3. The van der Waals surface area contributed by atoms with Crippen LogP contribution in [0.25, 0.3) is 0 Å². The first-order valence-electron chi connectivity index (χ1n) is 5.90. The van der Waals surface area contributed by atoms with Crippen LogP contribution in [0.4, 0.5) is 4.39 Å². The van der Waals surface area contributed by atoms with Gasteiger partial charge < -0.3 is 0 Å². The molecule has 0 fully saturated rings. The van der Waals surface area contributed by atoms with Gasteiger partial charge in [-0.3, -0.25) is 4.68 Å². The lowest BCUT2D eigenvalue weighted by Crippen LogP contribution is -2.11. The van der Waals surface area contributed by atoms with E-state index in [2.05, 4.69) is 18.9 Å². The van der Waals surface area contributed by atoms with Crippen molar-refractivity contribution in [3.63, 3.8) is 0 Å². The van der Waals surface area contributed by atoms with Crippen molar-refractivity contribution < 1.29 is 4.39 Å². The monoisotopic (exact) mass is 244 g/mol. The van der Waals surface area contributed by atoms with Crippen molar-refractivity contribution in [2.24, 2.45) is 0 Å². The van der Waals surface area contributed by atoms with Crippen molar-refractivity contribution in [3.05, 3.63) is 17.0 Å². The molecule has 1 unspecified atom stereocenters. The molecule has 0 N–H and O–H groups in total. The molecule has 0 spiro atoms. The predicted molar refractivity (Wildman–Crippen MR) is 63.6 cm³/mol. The number of aromatic nitrogens is 2. The molecule has 90 valence electrons. The van der Waals surface area contributed by atoms with Gasteiger partial charge in [0.25, 0.3) is 0 Å². The molecule has 1 atom stereocenters. The Bertz CT molecular complexity index is 390. The summed E-state index contributed by atoms with van der Waals surface area (Å²) in [5.74, 6) is 0.